The first kappa shape index (κ1) is 23.1. The van der Waals surface area contributed by atoms with Crippen LogP contribution in [0.3, 0.4) is 0 Å². The van der Waals surface area contributed by atoms with Crippen LogP contribution < -0.4 is 20.5 Å². The summed E-state index contributed by atoms with van der Waals surface area (Å²) in [5.41, 5.74) is 9.60. The second-order valence-corrected chi connectivity index (χ2v) is 6.94. The number of halogens is 1. The van der Waals surface area contributed by atoms with E-state index in [0.29, 0.717) is 30.5 Å². The highest BCUT2D eigenvalue weighted by Crippen LogP contribution is 2.28. The summed E-state index contributed by atoms with van der Waals surface area (Å²) in [7, 11) is 3.24. The van der Waals surface area contributed by atoms with Crippen molar-refractivity contribution in [3.63, 3.8) is 0 Å². The first-order valence-corrected chi connectivity index (χ1v) is 8.68. The summed E-state index contributed by atoms with van der Waals surface area (Å²) in [6.45, 7) is 7.71. The fourth-order valence-electron chi connectivity index (χ4n) is 2.95. The molecule has 6 heteroatoms. The van der Waals surface area contributed by atoms with Crippen LogP contribution in [0.25, 0.3) is 0 Å². The van der Waals surface area contributed by atoms with Crippen LogP contribution in [0.15, 0.2) is 47.5 Å². The van der Waals surface area contributed by atoms with E-state index in [9.17, 15) is 0 Å². The highest BCUT2D eigenvalue weighted by atomic mass is 127. The average molecular weight is 483 g/mol. The normalized spacial score (nSPS) is 11.5. The van der Waals surface area contributed by atoms with Gasteiger partial charge < -0.3 is 20.5 Å². The molecule has 0 spiro atoms. The molecule has 0 atom stereocenters. The highest BCUT2D eigenvalue weighted by Gasteiger charge is 2.22. The molecule has 0 fully saturated rings. The van der Waals surface area contributed by atoms with Gasteiger partial charge in [-0.25, -0.2) is 4.99 Å². The van der Waals surface area contributed by atoms with Crippen molar-refractivity contribution in [2.45, 2.75) is 32.7 Å². The predicted octanol–water partition coefficient (Wildman–Crippen LogP) is 4.01. The smallest absolute Gasteiger partial charge is 0.188 e. The Kier molecular flexibility index (Phi) is 8.88. The lowest BCUT2D eigenvalue weighted by molar-refractivity contribution is 0.354. The Hall–Kier alpha value is -1.96. The number of methoxy groups -OCH3 is 2. The van der Waals surface area contributed by atoms with E-state index >= 15 is 0 Å². The van der Waals surface area contributed by atoms with Crippen molar-refractivity contribution in [2.75, 3.05) is 20.8 Å². The summed E-state index contributed by atoms with van der Waals surface area (Å²) < 4.78 is 10.6. The van der Waals surface area contributed by atoms with Gasteiger partial charge >= 0.3 is 0 Å². The van der Waals surface area contributed by atoms with Crippen LogP contribution in [-0.4, -0.2) is 26.7 Å². The molecule has 0 aliphatic carbocycles. The molecule has 148 valence electrons. The number of ether oxygens (including phenoxy) is 2. The molecule has 5 nitrogen and oxygen atoms in total. The van der Waals surface area contributed by atoms with E-state index in [0.717, 1.165) is 5.56 Å². The van der Waals surface area contributed by atoms with Gasteiger partial charge in [0.1, 0.15) is 0 Å². The van der Waals surface area contributed by atoms with E-state index in [-0.39, 0.29) is 29.4 Å². The van der Waals surface area contributed by atoms with Crippen LogP contribution in [-0.2, 0) is 12.0 Å². The molecule has 0 aliphatic rings. The van der Waals surface area contributed by atoms with Crippen LogP contribution in [0, 0.1) is 6.92 Å². The zero-order valence-electron chi connectivity index (χ0n) is 16.7. The van der Waals surface area contributed by atoms with E-state index in [1.807, 2.05) is 18.2 Å². The van der Waals surface area contributed by atoms with E-state index in [1.165, 1.54) is 11.1 Å². The van der Waals surface area contributed by atoms with Gasteiger partial charge in [-0.15, -0.1) is 24.0 Å². The number of nitrogens with one attached hydrogen (secondary N) is 1. The third-order valence-corrected chi connectivity index (χ3v) is 4.47. The number of benzene rings is 2. The fraction of sp³-hybridized carbons (Fsp3) is 0.381. The molecule has 3 N–H and O–H groups in total. The minimum absolute atomic E-state index is 0. The molecule has 0 heterocycles. The topological polar surface area (TPSA) is 68.9 Å². The largest absolute Gasteiger partial charge is 0.493 e. The van der Waals surface area contributed by atoms with Crippen molar-refractivity contribution in [2.24, 2.45) is 10.7 Å². The Morgan fingerprint density at radius 2 is 1.74 bits per heavy atom. The molecular weight excluding hydrogens is 453 g/mol. The van der Waals surface area contributed by atoms with Gasteiger partial charge in [0.2, 0.25) is 0 Å². The van der Waals surface area contributed by atoms with Crippen LogP contribution in [0.5, 0.6) is 11.5 Å². The molecule has 2 rings (SSSR count). The Balaban J connectivity index is 0.00000364. The van der Waals surface area contributed by atoms with Gasteiger partial charge in [0.15, 0.2) is 17.5 Å². The lowest BCUT2D eigenvalue weighted by atomic mass is 9.82. The highest BCUT2D eigenvalue weighted by molar-refractivity contribution is 14.0. The summed E-state index contributed by atoms with van der Waals surface area (Å²) in [4.78, 5) is 4.43. The van der Waals surface area contributed by atoms with Gasteiger partial charge in [-0.3, -0.25) is 0 Å². The number of aryl methyl sites for hydroxylation is 1. The average Bonchev–Trinajstić information content (AvgIpc) is 2.64. The number of nitrogens with two attached hydrogens (primary N) is 1. The number of hydrogen-bond acceptors (Lipinski definition) is 3. The SMILES string of the molecule is COc1ccc(CN=C(N)NCC(C)(C)c2ccccc2C)cc1OC.I. The first-order valence-electron chi connectivity index (χ1n) is 8.68. The van der Waals surface area contributed by atoms with E-state index in [4.69, 9.17) is 15.2 Å². The van der Waals surface area contributed by atoms with Gasteiger partial charge in [0.05, 0.1) is 20.8 Å². The molecule has 0 bridgehead atoms. The Morgan fingerprint density at radius 3 is 2.37 bits per heavy atom. The molecule has 0 radical (unpaired) electrons. The van der Waals surface area contributed by atoms with Crippen molar-refractivity contribution in [1.82, 2.24) is 5.32 Å². The summed E-state index contributed by atoms with van der Waals surface area (Å²) in [5, 5.41) is 3.24. The Labute approximate surface area is 179 Å². The number of guanidine groups is 1. The molecule has 2 aromatic rings. The van der Waals surface area contributed by atoms with Crippen LogP contribution in [0.1, 0.15) is 30.5 Å². The molecule has 0 aliphatic heterocycles. The second kappa shape index (κ2) is 10.4. The molecule has 0 saturated heterocycles. The van der Waals surface area contributed by atoms with Gasteiger partial charge in [-0.1, -0.05) is 44.2 Å². The maximum absolute atomic E-state index is 6.05. The van der Waals surface area contributed by atoms with E-state index < -0.39 is 0 Å². The van der Waals surface area contributed by atoms with Crippen molar-refractivity contribution >= 4 is 29.9 Å². The summed E-state index contributed by atoms with van der Waals surface area (Å²) >= 11 is 0. The Morgan fingerprint density at radius 1 is 1.07 bits per heavy atom. The molecule has 0 saturated carbocycles. The molecule has 2 aromatic carbocycles. The summed E-state index contributed by atoms with van der Waals surface area (Å²) in [6, 6.07) is 14.1. The molecule has 27 heavy (non-hydrogen) atoms. The standard InChI is InChI=1S/C21H29N3O2.HI/c1-15-8-6-7-9-17(15)21(2,3)14-24-20(22)23-13-16-10-11-18(25-4)19(12-16)26-5;/h6-12H,13-14H2,1-5H3,(H3,22,23,24);1H. The monoisotopic (exact) mass is 483 g/mol. The third-order valence-electron chi connectivity index (χ3n) is 4.47. The lowest BCUT2D eigenvalue weighted by Crippen LogP contribution is -2.41. The minimum Gasteiger partial charge on any atom is -0.493 e. The van der Waals surface area contributed by atoms with Crippen molar-refractivity contribution in [3.05, 3.63) is 59.2 Å². The maximum Gasteiger partial charge on any atom is 0.188 e. The van der Waals surface area contributed by atoms with Gasteiger partial charge in [-0.05, 0) is 35.7 Å². The molecule has 0 unspecified atom stereocenters. The van der Waals surface area contributed by atoms with Crippen molar-refractivity contribution in [3.8, 4) is 11.5 Å². The number of hydrogen-bond donors (Lipinski definition) is 2. The molecular formula is C21H30IN3O2. The number of aliphatic imine (C=N–C) groups is 1. The van der Waals surface area contributed by atoms with Gasteiger partial charge in [0.25, 0.3) is 0 Å². The Bertz CT molecular complexity index is 776. The lowest BCUT2D eigenvalue weighted by Gasteiger charge is -2.27. The van der Waals surface area contributed by atoms with Crippen LogP contribution >= 0.6 is 24.0 Å². The second-order valence-electron chi connectivity index (χ2n) is 6.94. The van der Waals surface area contributed by atoms with Crippen LogP contribution in [0.4, 0.5) is 0 Å². The van der Waals surface area contributed by atoms with E-state index in [2.05, 4.69) is 55.3 Å². The van der Waals surface area contributed by atoms with Gasteiger partial charge in [0, 0.05) is 12.0 Å². The predicted molar refractivity (Wildman–Crippen MR) is 122 cm³/mol. The number of rotatable bonds is 7. The van der Waals surface area contributed by atoms with Crippen LogP contribution in [0.2, 0.25) is 0 Å². The van der Waals surface area contributed by atoms with Crippen molar-refractivity contribution < 1.29 is 9.47 Å². The maximum atomic E-state index is 6.05. The number of nitrogens with zero attached hydrogens (tertiary/aromatic N) is 1. The zero-order valence-corrected chi connectivity index (χ0v) is 19.0. The summed E-state index contributed by atoms with van der Waals surface area (Å²) in [6.07, 6.45) is 0. The summed E-state index contributed by atoms with van der Waals surface area (Å²) in [5.74, 6) is 1.82. The third kappa shape index (κ3) is 6.30. The molecule has 0 aromatic heterocycles. The molecule has 0 amide bonds. The zero-order chi connectivity index (χ0) is 19.2. The quantitative estimate of drug-likeness (QED) is 0.355. The van der Waals surface area contributed by atoms with E-state index in [1.54, 1.807) is 14.2 Å². The first-order chi connectivity index (χ1) is 12.4. The van der Waals surface area contributed by atoms with Gasteiger partial charge in [-0.2, -0.15) is 0 Å². The van der Waals surface area contributed by atoms with Crippen molar-refractivity contribution in [1.29, 1.82) is 0 Å². The minimum atomic E-state index is -0.0468. The fourth-order valence-corrected chi connectivity index (χ4v) is 2.95.